The molecule has 2 aromatic heterocycles. The van der Waals surface area contributed by atoms with Gasteiger partial charge in [0, 0.05) is 23.9 Å². The number of imidazole rings is 1. The van der Waals surface area contributed by atoms with Gasteiger partial charge in [-0.2, -0.15) is 0 Å². The van der Waals surface area contributed by atoms with Gasteiger partial charge in [-0.3, -0.25) is 9.78 Å². The Morgan fingerprint density at radius 1 is 1.33 bits per heavy atom. The number of rotatable bonds is 3. The predicted molar refractivity (Wildman–Crippen MR) is 83.8 cm³/mol. The van der Waals surface area contributed by atoms with E-state index in [0.29, 0.717) is 12.1 Å². The van der Waals surface area contributed by atoms with E-state index in [9.17, 15) is 4.79 Å². The monoisotopic (exact) mass is 344 g/mol. The molecule has 0 spiro atoms. The van der Waals surface area contributed by atoms with Crippen LogP contribution in [0.25, 0.3) is 11.0 Å². The summed E-state index contributed by atoms with van der Waals surface area (Å²) in [7, 11) is 1.94. The third kappa shape index (κ3) is 2.80. The summed E-state index contributed by atoms with van der Waals surface area (Å²) in [6.45, 7) is 0.372. The molecule has 0 aliphatic heterocycles. The summed E-state index contributed by atoms with van der Waals surface area (Å²) < 4.78 is 2.76. The van der Waals surface area contributed by atoms with Crippen LogP contribution in [0.1, 0.15) is 16.2 Å². The van der Waals surface area contributed by atoms with E-state index in [0.717, 1.165) is 21.3 Å². The van der Waals surface area contributed by atoms with Crippen LogP contribution in [0.5, 0.6) is 0 Å². The van der Waals surface area contributed by atoms with Crippen molar-refractivity contribution in [3.63, 3.8) is 0 Å². The molecule has 0 aliphatic carbocycles. The van der Waals surface area contributed by atoms with Crippen molar-refractivity contribution in [3.8, 4) is 0 Å². The molecule has 2 heterocycles. The van der Waals surface area contributed by atoms with Gasteiger partial charge in [-0.15, -0.1) is 0 Å². The highest BCUT2D eigenvalue weighted by atomic mass is 79.9. The second kappa shape index (κ2) is 5.65. The fourth-order valence-electron chi connectivity index (χ4n) is 2.15. The molecule has 3 aromatic rings. The zero-order chi connectivity index (χ0) is 14.8. The number of nitrogens with one attached hydrogen (secondary N) is 1. The molecule has 106 valence electrons. The molecule has 1 amide bonds. The Labute approximate surface area is 130 Å². The van der Waals surface area contributed by atoms with Crippen molar-refractivity contribution < 1.29 is 4.79 Å². The standard InChI is InChI=1S/C15H13BrN4O/c1-20-13-5-3-2-4-12(13)19-14(20)9-18-15(21)10-6-11(16)8-17-7-10/h2-8H,9H2,1H3,(H,18,21). The molecule has 1 N–H and O–H groups in total. The van der Waals surface area contributed by atoms with Crippen LogP contribution in [0.4, 0.5) is 0 Å². The zero-order valence-corrected chi connectivity index (χ0v) is 13.0. The molecular weight excluding hydrogens is 332 g/mol. The number of benzene rings is 1. The van der Waals surface area contributed by atoms with Crippen LogP contribution in [0.3, 0.4) is 0 Å². The largest absolute Gasteiger partial charge is 0.345 e. The average molecular weight is 345 g/mol. The summed E-state index contributed by atoms with van der Waals surface area (Å²) in [6, 6.07) is 9.62. The maximum Gasteiger partial charge on any atom is 0.253 e. The molecule has 3 rings (SSSR count). The van der Waals surface area contributed by atoms with Crippen molar-refractivity contribution in [3.05, 3.63) is 58.6 Å². The lowest BCUT2D eigenvalue weighted by Crippen LogP contribution is -2.24. The van der Waals surface area contributed by atoms with E-state index in [4.69, 9.17) is 0 Å². The Morgan fingerprint density at radius 3 is 2.90 bits per heavy atom. The minimum Gasteiger partial charge on any atom is -0.345 e. The quantitative estimate of drug-likeness (QED) is 0.794. The molecule has 0 unspecified atom stereocenters. The van der Waals surface area contributed by atoms with E-state index in [1.54, 1.807) is 12.3 Å². The SMILES string of the molecule is Cn1c(CNC(=O)c2cncc(Br)c2)nc2ccccc21. The molecule has 6 heteroatoms. The lowest BCUT2D eigenvalue weighted by atomic mass is 10.3. The number of aromatic nitrogens is 3. The molecule has 0 atom stereocenters. The lowest BCUT2D eigenvalue weighted by Gasteiger charge is -2.05. The second-order valence-corrected chi connectivity index (χ2v) is 5.57. The van der Waals surface area contributed by atoms with Crippen molar-refractivity contribution in [1.82, 2.24) is 19.9 Å². The number of pyridine rings is 1. The number of hydrogen-bond acceptors (Lipinski definition) is 3. The summed E-state index contributed by atoms with van der Waals surface area (Å²) in [5.74, 6) is 0.642. The Kier molecular flexibility index (Phi) is 3.70. The van der Waals surface area contributed by atoms with Crippen molar-refractivity contribution >= 4 is 32.9 Å². The molecule has 1 aromatic carbocycles. The van der Waals surface area contributed by atoms with Crippen LogP contribution in [-0.4, -0.2) is 20.4 Å². The third-order valence-electron chi connectivity index (χ3n) is 3.25. The number of amides is 1. The minimum atomic E-state index is -0.171. The van der Waals surface area contributed by atoms with Gasteiger partial charge in [-0.05, 0) is 34.1 Å². The zero-order valence-electron chi connectivity index (χ0n) is 11.4. The lowest BCUT2D eigenvalue weighted by molar-refractivity contribution is 0.0949. The topological polar surface area (TPSA) is 59.8 Å². The molecule has 21 heavy (non-hydrogen) atoms. The van der Waals surface area contributed by atoms with Gasteiger partial charge in [-0.1, -0.05) is 12.1 Å². The number of fused-ring (bicyclic) bond motifs is 1. The molecular formula is C15H13BrN4O. The number of carbonyl (C=O) groups is 1. The molecule has 0 fully saturated rings. The molecule has 5 nitrogen and oxygen atoms in total. The maximum absolute atomic E-state index is 12.1. The van der Waals surface area contributed by atoms with Crippen molar-refractivity contribution in [2.24, 2.45) is 7.05 Å². The maximum atomic E-state index is 12.1. The van der Waals surface area contributed by atoms with E-state index >= 15 is 0 Å². The van der Waals surface area contributed by atoms with Crippen LogP contribution < -0.4 is 5.32 Å². The van der Waals surface area contributed by atoms with Crippen LogP contribution in [-0.2, 0) is 13.6 Å². The fourth-order valence-corrected chi connectivity index (χ4v) is 2.52. The van der Waals surface area contributed by atoms with Crippen LogP contribution in [0, 0.1) is 0 Å². The highest BCUT2D eigenvalue weighted by Gasteiger charge is 2.10. The molecule has 0 saturated carbocycles. The molecule has 0 radical (unpaired) electrons. The van der Waals surface area contributed by atoms with Gasteiger partial charge < -0.3 is 9.88 Å². The first kappa shape index (κ1) is 13.8. The number of hydrogen-bond donors (Lipinski definition) is 1. The predicted octanol–water partition coefficient (Wildman–Crippen LogP) is 2.66. The Morgan fingerprint density at radius 2 is 2.14 bits per heavy atom. The number of aryl methyl sites for hydroxylation is 1. The summed E-state index contributed by atoms with van der Waals surface area (Å²) in [4.78, 5) is 20.6. The van der Waals surface area contributed by atoms with E-state index in [1.165, 1.54) is 6.20 Å². The average Bonchev–Trinajstić information content (AvgIpc) is 2.82. The Hall–Kier alpha value is -2.21. The number of carbonyl (C=O) groups excluding carboxylic acids is 1. The number of halogens is 1. The first-order chi connectivity index (χ1) is 10.1. The highest BCUT2D eigenvalue weighted by Crippen LogP contribution is 2.14. The summed E-state index contributed by atoms with van der Waals surface area (Å²) in [6.07, 6.45) is 3.18. The number of nitrogens with zero attached hydrogens (tertiary/aromatic N) is 3. The Bertz CT molecular complexity index is 812. The summed E-state index contributed by atoms with van der Waals surface area (Å²) >= 11 is 3.30. The first-order valence-electron chi connectivity index (χ1n) is 6.44. The van der Waals surface area contributed by atoms with Gasteiger partial charge in [0.25, 0.3) is 5.91 Å². The van der Waals surface area contributed by atoms with Crippen molar-refractivity contribution in [2.75, 3.05) is 0 Å². The number of para-hydroxylation sites is 2. The summed E-state index contributed by atoms with van der Waals surface area (Å²) in [5.41, 5.74) is 2.49. The van der Waals surface area contributed by atoms with Gasteiger partial charge in [0.1, 0.15) is 5.82 Å². The van der Waals surface area contributed by atoms with E-state index in [1.807, 2.05) is 35.9 Å². The highest BCUT2D eigenvalue weighted by molar-refractivity contribution is 9.10. The third-order valence-corrected chi connectivity index (χ3v) is 3.69. The van der Waals surface area contributed by atoms with Crippen molar-refractivity contribution in [2.45, 2.75) is 6.54 Å². The second-order valence-electron chi connectivity index (χ2n) is 4.65. The smallest absolute Gasteiger partial charge is 0.253 e. The summed E-state index contributed by atoms with van der Waals surface area (Å²) in [5, 5.41) is 2.86. The normalized spacial score (nSPS) is 10.8. The van der Waals surface area contributed by atoms with Gasteiger partial charge in [0.05, 0.1) is 23.1 Å². The van der Waals surface area contributed by atoms with Crippen LogP contribution >= 0.6 is 15.9 Å². The van der Waals surface area contributed by atoms with Crippen LogP contribution in [0.2, 0.25) is 0 Å². The van der Waals surface area contributed by atoms with E-state index in [2.05, 4.69) is 31.2 Å². The molecule has 0 saturated heterocycles. The van der Waals surface area contributed by atoms with Crippen molar-refractivity contribution in [1.29, 1.82) is 0 Å². The van der Waals surface area contributed by atoms with E-state index < -0.39 is 0 Å². The van der Waals surface area contributed by atoms with Crippen LogP contribution in [0.15, 0.2) is 47.2 Å². The fraction of sp³-hybridized carbons (Fsp3) is 0.133. The van der Waals surface area contributed by atoms with Gasteiger partial charge in [-0.25, -0.2) is 4.98 Å². The minimum absolute atomic E-state index is 0.171. The Balaban J connectivity index is 1.77. The van der Waals surface area contributed by atoms with Gasteiger partial charge >= 0.3 is 0 Å². The van der Waals surface area contributed by atoms with Gasteiger partial charge in [0.2, 0.25) is 0 Å². The van der Waals surface area contributed by atoms with E-state index in [-0.39, 0.29) is 5.91 Å². The molecule has 0 bridgehead atoms. The molecule has 0 aliphatic rings. The first-order valence-corrected chi connectivity index (χ1v) is 7.23. The van der Waals surface area contributed by atoms with Gasteiger partial charge in [0.15, 0.2) is 0 Å².